The van der Waals surface area contributed by atoms with Crippen LogP contribution in [0.25, 0.3) is 0 Å². The minimum atomic E-state index is 0.219. The van der Waals surface area contributed by atoms with Gasteiger partial charge in [0.05, 0.1) is 6.04 Å². The molecule has 2 N–H and O–H groups in total. The summed E-state index contributed by atoms with van der Waals surface area (Å²) in [4.78, 5) is 4.06. The first-order valence-electron chi connectivity index (χ1n) is 5.39. The van der Waals surface area contributed by atoms with Crippen LogP contribution in [0, 0.1) is 6.92 Å². The molecule has 1 atom stereocenters. The van der Waals surface area contributed by atoms with E-state index in [2.05, 4.69) is 27.4 Å². The maximum Gasteiger partial charge on any atom is 0.137 e. The predicted molar refractivity (Wildman–Crippen MR) is 59.9 cm³/mol. The number of hydrogen-bond donors (Lipinski definition) is 2. The van der Waals surface area contributed by atoms with E-state index in [1.165, 1.54) is 6.33 Å². The van der Waals surface area contributed by atoms with Crippen LogP contribution in [0.15, 0.2) is 22.9 Å². The highest BCUT2D eigenvalue weighted by molar-refractivity contribution is 5.08. The number of nitrogens with one attached hydrogen (secondary N) is 2. The quantitative estimate of drug-likeness (QED) is 0.803. The Morgan fingerprint density at radius 3 is 3.00 bits per heavy atom. The fraction of sp³-hybridized carbons (Fsp3) is 0.455. The van der Waals surface area contributed by atoms with Gasteiger partial charge in [-0.15, -0.1) is 0 Å². The van der Waals surface area contributed by atoms with E-state index >= 15 is 0 Å². The third-order valence-corrected chi connectivity index (χ3v) is 2.47. The van der Waals surface area contributed by atoms with Crippen LogP contribution in [0.3, 0.4) is 0 Å². The molecule has 0 aliphatic rings. The predicted octanol–water partition coefficient (Wildman–Crippen LogP) is 1.60. The second kappa shape index (κ2) is 4.94. The molecule has 0 aromatic carbocycles. The molecule has 0 saturated carbocycles. The number of furan rings is 1. The highest BCUT2D eigenvalue weighted by Crippen LogP contribution is 2.15. The molecule has 0 amide bonds. The van der Waals surface area contributed by atoms with E-state index in [1.807, 2.05) is 19.1 Å². The van der Waals surface area contributed by atoms with Crippen molar-refractivity contribution < 1.29 is 4.42 Å². The fourth-order valence-corrected chi connectivity index (χ4v) is 1.55. The Kier molecular flexibility index (Phi) is 3.36. The highest BCUT2D eigenvalue weighted by atomic mass is 16.3. The molecule has 2 rings (SSSR count). The van der Waals surface area contributed by atoms with Gasteiger partial charge in [0, 0.05) is 13.0 Å². The molecule has 0 fully saturated rings. The standard InChI is InChI=1S/C11H16N4O/c1-8-3-4-10(16-8)9(2)12-6-5-11-13-7-14-15-11/h3-4,7,9,12H,5-6H2,1-2H3,(H,13,14,15). The summed E-state index contributed by atoms with van der Waals surface area (Å²) in [6, 6.07) is 4.20. The van der Waals surface area contributed by atoms with Gasteiger partial charge in [-0.1, -0.05) is 0 Å². The van der Waals surface area contributed by atoms with Crippen molar-refractivity contribution in [3.8, 4) is 0 Å². The summed E-state index contributed by atoms with van der Waals surface area (Å²) in [5.74, 6) is 2.81. The van der Waals surface area contributed by atoms with Crippen LogP contribution in [-0.4, -0.2) is 21.7 Å². The summed E-state index contributed by atoms with van der Waals surface area (Å²) in [6.07, 6.45) is 2.36. The molecular weight excluding hydrogens is 204 g/mol. The first-order chi connectivity index (χ1) is 7.75. The first kappa shape index (κ1) is 10.9. The van der Waals surface area contributed by atoms with Crippen LogP contribution in [-0.2, 0) is 6.42 Å². The molecular formula is C11H16N4O. The normalized spacial score (nSPS) is 12.9. The maximum atomic E-state index is 5.53. The summed E-state index contributed by atoms with van der Waals surface area (Å²) >= 11 is 0. The van der Waals surface area contributed by atoms with Crippen molar-refractivity contribution in [1.82, 2.24) is 20.5 Å². The van der Waals surface area contributed by atoms with Crippen molar-refractivity contribution in [2.24, 2.45) is 0 Å². The van der Waals surface area contributed by atoms with Crippen LogP contribution >= 0.6 is 0 Å². The Bertz CT molecular complexity index is 421. The zero-order valence-electron chi connectivity index (χ0n) is 9.53. The molecule has 0 saturated heterocycles. The molecule has 2 aromatic rings. The van der Waals surface area contributed by atoms with Gasteiger partial charge in [-0.25, -0.2) is 4.98 Å². The van der Waals surface area contributed by atoms with E-state index < -0.39 is 0 Å². The van der Waals surface area contributed by atoms with Gasteiger partial charge in [0.2, 0.25) is 0 Å². The zero-order chi connectivity index (χ0) is 11.4. The smallest absolute Gasteiger partial charge is 0.137 e. The van der Waals surface area contributed by atoms with E-state index in [9.17, 15) is 0 Å². The molecule has 0 bridgehead atoms. The van der Waals surface area contributed by atoms with Gasteiger partial charge < -0.3 is 9.73 Å². The van der Waals surface area contributed by atoms with Crippen molar-refractivity contribution in [2.75, 3.05) is 6.54 Å². The number of rotatable bonds is 5. The minimum absolute atomic E-state index is 0.219. The summed E-state index contributed by atoms with van der Waals surface area (Å²) < 4.78 is 5.53. The van der Waals surface area contributed by atoms with Crippen molar-refractivity contribution in [3.05, 3.63) is 35.8 Å². The molecule has 5 heteroatoms. The molecule has 16 heavy (non-hydrogen) atoms. The molecule has 0 aliphatic heterocycles. The van der Waals surface area contributed by atoms with Crippen LogP contribution in [0.1, 0.15) is 30.3 Å². The number of hydrogen-bond acceptors (Lipinski definition) is 4. The molecule has 5 nitrogen and oxygen atoms in total. The molecule has 0 aliphatic carbocycles. The molecule has 2 aromatic heterocycles. The van der Waals surface area contributed by atoms with Gasteiger partial charge in [-0.2, -0.15) is 5.10 Å². The lowest BCUT2D eigenvalue weighted by molar-refractivity contribution is 0.417. The average molecular weight is 220 g/mol. The molecule has 1 unspecified atom stereocenters. The Labute approximate surface area is 94.3 Å². The average Bonchev–Trinajstić information content (AvgIpc) is 2.89. The topological polar surface area (TPSA) is 66.7 Å². The van der Waals surface area contributed by atoms with Crippen molar-refractivity contribution >= 4 is 0 Å². The Morgan fingerprint density at radius 2 is 2.38 bits per heavy atom. The van der Waals surface area contributed by atoms with Crippen LogP contribution in [0.2, 0.25) is 0 Å². The molecule has 0 radical (unpaired) electrons. The maximum absolute atomic E-state index is 5.53. The Morgan fingerprint density at radius 1 is 1.50 bits per heavy atom. The Balaban J connectivity index is 1.78. The van der Waals surface area contributed by atoms with Crippen molar-refractivity contribution in [2.45, 2.75) is 26.3 Å². The highest BCUT2D eigenvalue weighted by Gasteiger charge is 2.08. The van der Waals surface area contributed by atoms with E-state index in [0.717, 1.165) is 30.3 Å². The molecule has 86 valence electrons. The lowest BCUT2D eigenvalue weighted by Crippen LogP contribution is -2.21. The van der Waals surface area contributed by atoms with Gasteiger partial charge in [-0.3, -0.25) is 5.10 Å². The van der Waals surface area contributed by atoms with Gasteiger partial charge in [0.15, 0.2) is 0 Å². The van der Waals surface area contributed by atoms with Crippen molar-refractivity contribution in [1.29, 1.82) is 0 Å². The largest absolute Gasteiger partial charge is 0.465 e. The lowest BCUT2D eigenvalue weighted by atomic mass is 10.2. The SMILES string of the molecule is Cc1ccc(C(C)NCCc2ncn[nH]2)o1. The zero-order valence-corrected chi connectivity index (χ0v) is 9.53. The minimum Gasteiger partial charge on any atom is -0.465 e. The number of nitrogens with zero attached hydrogens (tertiary/aromatic N) is 2. The molecule has 0 spiro atoms. The van der Waals surface area contributed by atoms with E-state index in [0.29, 0.717) is 0 Å². The number of aryl methyl sites for hydroxylation is 1. The fourth-order valence-electron chi connectivity index (χ4n) is 1.55. The van der Waals surface area contributed by atoms with E-state index in [-0.39, 0.29) is 6.04 Å². The molecule has 2 heterocycles. The third kappa shape index (κ3) is 2.70. The monoisotopic (exact) mass is 220 g/mol. The summed E-state index contributed by atoms with van der Waals surface area (Å²) in [5.41, 5.74) is 0. The number of aromatic nitrogens is 3. The summed E-state index contributed by atoms with van der Waals surface area (Å²) in [6.45, 7) is 4.87. The Hall–Kier alpha value is -1.62. The van der Waals surface area contributed by atoms with Crippen molar-refractivity contribution in [3.63, 3.8) is 0 Å². The van der Waals surface area contributed by atoms with E-state index in [1.54, 1.807) is 0 Å². The third-order valence-electron chi connectivity index (χ3n) is 2.47. The lowest BCUT2D eigenvalue weighted by Gasteiger charge is -2.10. The number of aromatic amines is 1. The second-order valence-electron chi connectivity index (χ2n) is 3.81. The second-order valence-corrected chi connectivity index (χ2v) is 3.81. The first-order valence-corrected chi connectivity index (χ1v) is 5.39. The number of H-pyrrole nitrogens is 1. The summed E-state index contributed by atoms with van der Waals surface area (Å²) in [7, 11) is 0. The van der Waals surface area contributed by atoms with Gasteiger partial charge >= 0.3 is 0 Å². The van der Waals surface area contributed by atoms with Crippen LogP contribution in [0.4, 0.5) is 0 Å². The van der Waals surface area contributed by atoms with Gasteiger partial charge in [0.25, 0.3) is 0 Å². The van der Waals surface area contributed by atoms with Crippen LogP contribution in [0.5, 0.6) is 0 Å². The summed E-state index contributed by atoms with van der Waals surface area (Å²) in [5, 5.41) is 10.00. The van der Waals surface area contributed by atoms with Crippen LogP contribution < -0.4 is 5.32 Å². The van der Waals surface area contributed by atoms with Gasteiger partial charge in [0.1, 0.15) is 23.7 Å². The van der Waals surface area contributed by atoms with E-state index in [4.69, 9.17) is 4.42 Å². The van der Waals surface area contributed by atoms with Gasteiger partial charge in [-0.05, 0) is 26.0 Å².